The summed E-state index contributed by atoms with van der Waals surface area (Å²) in [6.45, 7) is 9.00. The van der Waals surface area contributed by atoms with Gasteiger partial charge in [-0.3, -0.25) is 14.4 Å². The van der Waals surface area contributed by atoms with E-state index >= 15 is 0 Å². The van der Waals surface area contributed by atoms with E-state index in [9.17, 15) is 14.4 Å². The highest BCUT2D eigenvalue weighted by Gasteiger charge is 2.19. The average Bonchev–Trinajstić information content (AvgIpc) is 3.14. The lowest BCUT2D eigenvalue weighted by molar-refractivity contribution is -0.167. The molecule has 6 heteroatoms. The topological polar surface area (TPSA) is 78.9 Å². The van der Waals surface area contributed by atoms with Crippen LogP contribution in [-0.4, -0.2) is 37.2 Å². The van der Waals surface area contributed by atoms with Crippen molar-refractivity contribution in [3.8, 4) is 0 Å². The van der Waals surface area contributed by atoms with Gasteiger partial charge in [0, 0.05) is 19.3 Å². The van der Waals surface area contributed by atoms with E-state index in [0.717, 1.165) is 63.7 Å². The van der Waals surface area contributed by atoms with Crippen LogP contribution < -0.4 is 0 Å². The minimum Gasteiger partial charge on any atom is -0.462 e. The summed E-state index contributed by atoms with van der Waals surface area (Å²) in [6.07, 6.45) is 39.3. The number of ether oxygens (including phenoxy) is 3. The highest BCUT2D eigenvalue weighted by Crippen LogP contribution is 2.17. The monoisotopic (exact) mass is 737 g/mol. The van der Waals surface area contributed by atoms with Crippen LogP contribution in [0.15, 0.2) is 0 Å². The summed E-state index contributed by atoms with van der Waals surface area (Å²) in [5.41, 5.74) is 0. The SMILES string of the molecule is CCCCCCCCCCCCCC(=O)O[C@@H](COC(=O)CCCCCCCCCCC)COC(=O)CCCCCCCCCCCCC(C)CC. The number of carbonyl (C=O) groups is 3. The first-order chi connectivity index (χ1) is 25.4. The highest BCUT2D eigenvalue weighted by atomic mass is 16.6. The van der Waals surface area contributed by atoms with Crippen molar-refractivity contribution in [3.63, 3.8) is 0 Å². The highest BCUT2D eigenvalue weighted by molar-refractivity contribution is 5.71. The second-order valence-corrected chi connectivity index (χ2v) is 15.9. The number of hydrogen-bond acceptors (Lipinski definition) is 6. The van der Waals surface area contributed by atoms with E-state index in [1.807, 2.05) is 0 Å². The average molecular weight is 737 g/mol. The Morgan fingerprint density at radius 3 is 1.00 bits per heavy atom. The number of carbonyl (C=O) groups excluding carboxylic acids is 3. The molecular formula is C46H88O6. The molecule has 6 nitrogen and oxygen atoms in total. The number of hydrogen-bond donors (Lipinski definition) is 0. The molecule has 0 aliphatic heterocycles. The Bertz CT molecular complexity index is 783. The standard InChI is InChI=1S/C46H88O6/c1-5-8-10-12-14-16-17-23-27-31-35-39-46(49)52-43(40-50-44(47)37-33-29-25-20-15-13-11-9-6-2)41-51-45(48)38-34-30-26-22-19-18-21-24-28-32-36-42(4)7-3/h42-43H,5-41H2,1-4H3/t42?,43-/m0/s1. The molecule has 308 valence electrons. The second kappa shape index (κ2) is 40.6. The van der Waals surface area contributed by atoms with Gasteiger partial charge in [-0.15, -0.1) is 0 Å². The summed E-state index contributed by atoms with van der Waals surface area (Å²) in [7, 11) is 0. The Kier molecular flexibility index (Phi) is 39.4. The second-order valence-electron chi connectivity index (χ2n) is 15.9. The van der Waals surface area contributed by atoms with Gasteiger partial charge < -0.3 is 14.2 Å². The lowest BCUT2D eigenvalue weighted by Gasteiger charge is -2.18. The van der Waals surface area contributed by atoms with E-state index in [1.54, 1.807) is 0 Å². The molecule has 0 aromatic heterocycles. The van der Waals surface area contributed by atoms with E-state index < -0.39 is 6.10 Å². The molecule has 0 aromatic rings. The molecule has 0 spiro atoms. The molecule has 0 aromatic carbocycles. The summed E-state index contributed by atoms with van der Waals surface area (Å²) in [6, 6.07) is 0. The third-order valence-corrected chi connectivity index (χ3v) is 10.7. The fraction of sp³-hybridized carbons (Fsp3) is 0.935. The lowest BCUT2D eigenvalue weighted by atomic mass is 9.99. The Labute approximate surface area is 323 Å². The number of esters is 3. The zero-order valence-electron chi connectivity index (χ0n) is 35.3. The summed E-state index contributed by atoms with van der Waals surface area (Å²) >= 11 is 0. The van der Waals surface area contributed by atoms with Gasteiger partial charge in [-0.25, -0.2) is 0 Å². The van der Waals surface area contributed by atoms with Gasteiger partial charge in [0.1, 0.15) is 13.2 Å². The fourth-order valence-corrected chi connectivity index (χ4v) is 6.77. The molecule has 0 heterocycles. The Hall–Kier alpha value is -1.59. The fourth-order valence-electron chi connectivity index (χ4n) is 6.77. The summed E-state index contributed by atoms with van der Waals surface area (Å²) < 4.78 is 16.7. The van der Waals surface area contributed by atoms with Gasteiger partial charge >= 0.3 is 17.9 Å². The van der Waals surface area contributed by atoms with Crippen LogP contribution in [0.4, 0.5) is 0 Å². The van der Waals surface area contributed by atoms with Gasteiger partial charge in [0.05, 0.1) is 0 Å². The third kappa shape index (κ3) is 38.1. The third-order valence-electron chi connectivity index (χ3n) is 10.7. The van der Waals surface area contributed by atoms with Crippen LogP contribution in [0.2, 0.25) is 0 Å². The molecule has 0 fully saturated rings. The van der Waals surface area contributed by atoms with Crippen molar-refractivity contribution in [1.82, 2.24) is 0 Å². The maximum absolute atomic E-state index is 12.7. The van der Waals surface area contributed by atoms with Crippen LogP contribution in [0.3, 0.4) is 0 Å². The summed E-state index contributed by atoms with van der Waals surface area (Å²) in [5.74, 6) is 0.0130. The van der Waals surface area contributed by atoms with Crippen molar-refractivity contribution in [3.05, 3.63) is 0 Å². The van der Waals surface area contributed by atoms with Crippen LogP contribution >= 0.6 is 0 Å². The van der Waals surface area contributed by atoms with E-state index in [2.05, 4.69) is 27.7 Å². The van der Waals surface area contributed by atoms with E-state index in [0.29, 0.717) is 19.3 Å². The first-order valence-corrected chi connectivity index (χ1v) is 22.9. The van der Waals surface area contributed by atoms with Crippen LogP contribution in [0.5, 0.6) is 0 Å². The van der Waals surface area contributed by atoms with Crippen molar-refractivity contribution >= 4 is 17.9 Å². The van der Waals surface area contributed by atoms with Gasteiger partial charge in [0.15, 0.2) is 6.10 Å². The van der Waals surface area contributed by atoms with Crippen LogP contribution in [0, 0.1) is 5.92 Å². The van der Waals surface area contributed by atoms with Gasteiger partial charge in [0.2, 0.25) is 0 Å². The minimum atomic E-state index is -0.758. The molecule has 0 bridgehead atoms. The normalized spacial score (nSPS) is 12.5. The summed E-state index contributed by atoms with van der Waals surface area (Å²) in [4.78, 5) is 37.6. The van der Waals surface area contributed by atoms with Crippen LogP contribution in [0.1, 0.15) is 252 Å². The Morgan fingerprint density at radius 2 is 0.673 bits per heavy atom. The summed E-state index contributed by atoms with van der Waals surface area (Å²) in [5, 5.41) is 0. The Balaban J connectivity index is 4.31. The molecule has 0 N–H and O–H groups in total. The molecule has 0 aliphatic rings. The van der Waals surface area contributed by atoms with Crippen molar-refractivity contribution in [2.24, 2.45) is 5.92 Å². The van der Waals surface area contributed by atoms with Gasteiger partial charge in [-0.05, 0) is 25.2 Å². The lowest BCUT2D eigenvalue weighted by Crippen LogP contribution is -2.30. The number of unbranched alkanes of at least 4 members (excludes halogenated alkanes) is 27. The zero-order chi connectivity index (χ0) is 38.2. The molecule has 0 radical (unpaired) electrons. The quantitative estimate of drug-likeness (QED) is 0.0353. The van der Waals surface area contributed by atoms with Crippen molar-refractivity contribution in [2.45, 2.75) is 259 Å². The van der Waals surface area contributed by atoms with E-state index in [-0.39, 0.29) is 31.1 Å². The maximum atomic E-state index is 12.7. The first-order valence-electron chi connectivity index (χ1n) is 22.9. The molecule has 0 saturated carbocycles. The van der Waals surface area contributed by atoms with Gasteiger partial charge in [0.25, 0.3) is 0 Å². The van der Waals surface area contributed by atoms with Crippen LogP contribution in [-0.2, 0) is 28.6 Å². The maximum Gasteiger partial charge on any atom is 0.306 e. The van der Waals surface area contributed by atoms with E-state index in [4.69, 9.17) is 14.2 Å². The largest absolute Gasteiger partial charge is 0.462 e. The molecule has 0 saturated heterocycles. The van der Waals surface area contributed by atoms with E-state index in [1.165, 1.54) is 148 Å². The minimum absolute atomic E-state index is 0.0640. The van der Waals surface area contributed by atoms with Gasteiger partial charge in [-0.1, -0.05) is 214 Å². The zero-order valence-corrected chi connectivity index (χ0v) is 35.3. The van der Waals surface area contributed by atoms with Gasteiger partial charge in [-0.2, -0.15) is 0 Å². The van der Waals surface area contributed by atoms with Crippen LogP contribution in [0.25, 0.3) is 0 Å². The predicted molar refractivity (Wildman–Crippen MR) is 220 cm³/mol. The molecule has 0 rings (SSSR count). The molecular weight excluding hydrogens is 648 g/mol. The smallest absolute Gasteiger partial charge is 0.306 e. The Morgan fingerprint density at radius 1 is 0.385 bits per heavy atom. The van der Waals surface area contributed by atoms with Crippen molar-refractivity contribution in [1.29, 1.82) is 0 Å². The van der Waals surface area contributed by atoms with Crippen molar-refractivity contribution < 1.29 is 28.6 Å². The first kappa shape index (κ1) is 50.4. The molecule has 52 heavy (non-hydrogen) atoms. The molecule has 2 atom stereocenters. The molecule has 0 aliphatic carbocycles. The van der Waals surface area contributed by atoms with Crippen molar-refractivity contribution in [2.75, 3.05) is 13.2 Å². The molecule has 0 amide bonds. The number of rotatable bonds is 41. The predicted octanol–water partition coefficient (Wildman–Crippen LogP) is 14.3. The molecule has 1 unspecified atom stereocenters.